The van der Waals surface area contributed by atoms with Crippen molar-refractivity contribution in [3.05, 3.63) is 35.1 Å². The van der Waals surface area contributed by atoms with Crippen LogP contribution in [0.25, 0.3) is 0 Å². The van der Waals surface area contributed by atoms with Gasteiger partial charge >= 0.3 is 12.3 Å². The summed E-state index contributed by atoms with van der Waals surface area (Å²) in [5, 5.41) is 2.69. The molecule has 3 atom stereocenters. The second-order valence-electron chi connectivity index (χ2n) is 7.66. The molecule has 26 heavy (non-hydrogen) atoms. The van der Waals surface area contributed by atoms with Crippen molar-refractivity contribution in [2.75, 3.05) is 0 Å². The van der Waals surface area contributed by atoms with Gasteiger partial charge in [-0.2, -0.15) is 13.2 Å². The number of amides is 1. The lowest BCUT2D eigenvalue weighted by Crippen LogP contribution is -2.51. The van der Waals surface area contributed by atoms with E-state index in [4.69, 9.17) is 10.5 Å². The van der Waals surface area contributed by atoms with E-state index in [-0.39, 0.29) is 18.0 Å². The molecule has 1 aliphatic carbocycles. The molecular formula is C18H24F4N2O2. The van der Waals surface area contributed by atoms with Crippen LogP contribution in [0.15, 0.2) is 18.2 Å². The molecule has 1 fully saturated rings. The third kappa shape index (κ3) is 5.33. The van der Waals surface area contributed by atoms with Gasteiger partial charge in [-0.1, -0.05) is 0 Å². The summed E-state index contributed by atoms with van der Waals surface area (Å²) in [7, 11) is 0. The molecule has 146 valence electrons. The number of ether oxygens (including phenoxy) is 1. The van der Waals surface area contributed by atoms with Gasteiger partial charge in [0.2, 0.25) is 0 Å². The first-order valence-electron chi connectivity index (χ1n) is 8.48. The summed E-state index contributed by atoms with van der Waals surface area (Å²) in [6.45, 7) is 5.21. The summed E-state index contributed by atoms with van der Waals surface area (Å²) in [5.41, 5.74) is 4.57. The number of hydrogen-bond acceptors (Lipinski definition) is 3. The molecule has 0 aromatic heterocycles. The van der Waals surface area contributed by atoms with Gasteiger partial charge in [0.25, 0.3) is 0 Å². The average Bonchev–Trinajstić information content (AvgIpc) is 2.46. The Morgan fingerprint density at radius 1 is 1.23 bits per heavy atom. The number of alkyl halides is 3. The fourth-order valence-corrected chi connectivity index (χ4v) is 3.16. The van der Waals surface area contributed by atoms with Crippen LogP contribution in [-0.4, -0.2) is 23.8 Å². The first kappa shape index (κ1) is 20.5. The minimum absolute atomic E-state index is 0.0194. The molecule has 0 bridgehead atoms. The third-order valence-corrected chi connectivity index (χ3v) is 4.36. The van der Waals surface area contributed by atoms with Crippen LogP contribution in [0, 0.1) is 5.82 Å². The van der Waals surface area contributed by atoms with Crippen LogP contribution in [0.3, 0.4) is 0 Å². The van der Waals surface area contributed by atoms with Crippen molar-refractivity contribution in [1.82, 2.24) is 5.32 Å². The smallest absolute Gasteiger partial charge is 0.416 e. The second kappa shape index (κ2) is 7.42. The maximum Gasteiger partial charge on any atom is 0.416 e. The molecule has 8 heteroatoms. The summed E-state index contributed by atoms with van der Waals surface area (Å²) in [4.78, 5) is 11.9. The van der Waals surface area contributed by atoms with Gasteiger partial charge < -0.3 is 15.8 Å². The number of nitrogens with one attached hydrogen (secondary N) is 1. The fraction of sp³-hybridized carbons (Fsp3) is 0.611. The zero-order valence-electron chi connectivity index (χ0n) is 15.0. The van der Waals surface area contributed by atoms with Crippen LogP contribution in [0.4, 0.5) is 22.4 Å². The van der Waals surface area contributed by atoms with Gasteiger partial charge in [-0.05, 0) is 69.7 Å². The molecule has 1 aromatic carbocycles. The maximum atomic E-state index is 14.1. The minimum Gasteiger partial charge on any atom is -0.444 e. The normalized spacial score (nSPS) is 24.2. The van der Waals surface area contributed by atoms with E-state index >= 15 is 0 Å². The second-order valence-corrected chi connectivity index (χ2v) is 7.66. The molecule has 3 N–H and O–H groups in total. The molecule has 0 heterocycles. The van der Waals surface area contributed by atoms with Crippen molar-refractivity contribution in [1.29, 1.82) is 0 Å². The molecule has 2 rings (SSSR count). The van der Waals surface area contributed by atoms with Crippen LogP contribution < -0.4 is 11.1 Å². The Hall–Kier alpha value is -1.83. The van der Waals surface area contributed by atoms with Crippen molar-refractivity contribution in [3.8, 4) is 0 Å². The summed E-state index contributed by atoms with van der Waals surface area (Å²) >= 11 is 0. The molecule has 0 unspecified atom stereocenters. The lowest BCUT2D eigenvalue weighted by atomic mass is 9.78. The van der Waals surface area contributed by atoms with Crippen molar-refractivity contribution < 1.29 is 27.1 Å². The molecule has 0 spiro atoms. The van der Waals surface area contributed by atoms with Crippen LogP contribution in [0.5, 0.6) is 0 Å². The molecule has 0 saturated heterocycles. The standard InChI is InChI=1S/C18H24F4N2O2/c1-17(2,3)26-16(25)24-15-7-4-10(8-14(15)23)12-9-11(18(20,21)22)5-6-13(12)19/h5-6,9-10,14-15H,4,7-8,23H2,1-3H3,(H,24,25)/t10-,14-,15-/m0/s1. The number of carbonyl (C=O) groups is 1. The van der Waals surface area contributed by atoms with Gasteiger partial charge in [0.1, 0.15) is 11.4 Å². The maximum absolute atomic E-state index is 14.1. The number of hydrogen-bond donors (Lipinski definition) is 2. The first-order chi connectivity index (χ1) is 11.9. The molecule has 1 aromatic rings. The molecule has 1 aliphatic rings. The number of alkyl carbamates (subject to hydrolysis) is 1. The van der Waals surface area contributed by atoms with Gasteiger partial charge in [0.15, 0.2) is 0 Å². The number of rotatable bonds is 2. The molecule has 4 nitrogen and oxygen atoms in total. The first-order valence-corrected chi connectivity index (χ1v) is 8.48. The summed E-state index contributed by atoms with van der Waals surface area (Å²) < 4.78 is 57.9. The Balaban J connectivity index is 2.06. The Labute approximate surface area is 150 Å². The van der Waals surface area contributed by atoms with E-state index in [1.165, 1.54) is 0 Å². The van der Waals surface area contributed by atoms with Crippen LogP contribution in [0.2, 0.25) is 0 Å². The lowest BCUT2D eigenvalue weighted by Gasteiger charge is -2.35. The highest BCUT2D eigenvalue weighted by Crippen LogP contribution is 2.37. The van der Waals surface area contributed by atoms with Gasteiger partial charge in [-0.15, -0.1) is 0 Å². The van der Waals surface area contributed by atoms with Gasteiger partial charge in [-0.3, -0.25) is 0 Å². The molecule has 0 aliphatic heterocycles. The van der Waals surface area contributed by atoms with Gasteiger partial charge in [-0.25, -0.2) is 9.18 Å². The zero-order chi connectivity index (χ0) is 19.7. The highest BCUT2D eigenvalue weighted by Gasteiger charge is 2.35. The van der Waals surface area contributed by atoms with E-state index in [2.05, 4.69) is 5.32 Å². The van der Waals surface area contributed by atoms with E-state index < -0.39 is 41.2 Å². The van der Waals surface area contributed by atoms with E-state index in [1.807, 2.05) is 0 Å². The van der Waals surface area contributed by atoms with Gasteiger partial charge in [0, 0.05) is 12.1 Å². The topological polar surface area (TPSA) is 64.3 Å². The predicted molar refractivity (Wildman–Crippen MR) is 89.1 cm³/mol. The van der Waals surface area contributed by atoms with Crippen LogP contribution in [0.1, 0.15) is 57.1 Å². The summed E-state index contributed by atoms with van der Waals surface area (Å²) in [6, 6.07) is 1.56. The van der Waals surface area contributed by atoms with E-state index in [1.54, 1.807) is 20.8 Å². The average molecular weight is 376 g/mol. The van der Waals surface area contributed by atoms with E-state index in [0.29, 0.717) is 12.8 Å². The predicted octanol–water partition coefficient (Wildman–Crippen LogP) is 4.33. The van der Waals surface area contributed by atoms with Crippen LogP contribution >= 0.6 is 0 Å². The Bertz CT molecular complexity index is 656. The van der Waals surface area contributed by atoms with Gasteiger partial charge in [0.05, 0.1) is 5.56 Å². The van der Waals surface area contributed by atoms with E-state index in [0.717, 1.165) is 18.2 Å². The SMILES string of the molecule is CC(C)(C)OC(=O)N[C@H]1CC[C@H](c2cc(C(F)(F)F)ccc2F)C[C@@H]1N. The minimum atomic E-state index is -4.53. The Kier molecular flexibility index (Phi) is 5.85. The molecular weight excluding hydrogens is 352 g/mol. The quantitative estimate of drug-likeness (QED) is 0.755. The summed E-state index contributed by atoms with van der Waals surface area (Å²) in [5.74, 6) is -1.10. The van der Waals surface area contributed by atoms with Crippen molar-refractivity contribution >= 4 is 6.09 Å². The van der Waals surface area contributed by atoms with Crippen molar-refractivity contribution in [2.45, 2.75) is 69.8 Å². The van der Waals surface area contributed by atoms with Crippen molar-refractivity contribution in [2.24, 2.45) is 5.73 Å². The third-order valence-electron chi connectivity index (χ3n) is 4.36. The number of benzene rings is 1. The highest BCUT2D eigenvalue weighted by molar-refractivity contribution is 5.68. The summed E-state index contributed by atoms with van der Waals surface area (Å²) in [6.07, 6.45) is -3.99. The highest BCUT2D eigenvalue weighted by atomic mass is 19.4. The molecule has 1 amide bonds. The number of halogens is 4. The molecule has 0 radical (unpaired) electrons. The largest absolute Gasteiger partial charge is 0.444 e. The van der Waals surface area contributed by atoms with Crippen molar-refractivity contribution in [3.63, 3.8) is 0 Å². The Morgan fingerprint density at radius 2 is 1.88 bits per heavy atom. The van der Waals surface area contributed by atoms with Crippen LogP contribution in [-0.2, 0) is 10.9 Å². The monoisotopic (exact) mass is 376 g/mol. The number of carbonyl (C=O) groups excluding carboxylic acids is 1. The lowest BCUT2D eigenvalue weighted by molar-refractivity contribution is -0.137. The number of nitrogens with two attached hydrogens (primary N) is 1. The van der Waals surface area contributed by atoms with E-state index in [9.17, 15) is 22.4 Å². The molecule has 1 saturated carbocycles. The zero-order valence-corrected chi connectivity index (χ0v) is 15.0. The Morgan fingerprint density at radius 3 is 2.42 bits per heavy atom. The fourth-order valence-electron chi connectivity index (χ4n) is 3.16.